The number of unbranched alkanes of at least 4 members (excludes halogenated alkanes) is 7. The Morgan fingerprint density at radius 2 is 1.53 bits per heavy atom. The van der Waals surface area contributed by atoms with E-state index in [0.717, 1.165) is 38.5 Å². The summed E-state index contributed by atoms with van der Waals surface area (Å²) in [5.74, 6) is -0.696. The van der Waals surface area contributed by atoms with Crippen LogP contribution in [0.1, 0.15) is 57.8 Å². The Morgan fingerprint density at radius 3 is 2.07 bits per heavy atom. The fourth-order valence-electron chi connectivity index (χ4n) is 1.41. The quantitative estimate of drug-likeness (QED) is 0.483. The van der Waals surface area contributed by atoms with E-state index in [0.29, 0.717) is 6.42 Å². The van der Waals surface area contributed by atoms with E-state index in [9.17, 15) is 9.36 Å². The summed E-state index contributed by atoms with van der Waals surface area (Å²) in [5.41, 5.74) is 2.72. The Labute approximate surface area is 92.4 Å². The normalized spacial score (nSPS) is 9.60. The first-order chi connectivity index (χ1) is 7.27. The molecule has 0 spiro atoms. The molecule has 0 atom stereocenters. The first-order valence-electron chi connectivity index (χ1n) is 5.54. The third-order valence-corrected chi connectivity index (χ3v) is 2.60. The number of rotatable bonds is 9. The minimum absolute atomic E-state index is 0.0176. The Balaban J connectivity index is 3.00. The van der Waals surface area contributed by atoms with E-state index in [4.69, 9.17) is 5.11 Å². The van der Waals surface area contributed by atoms with Gasteiger partial charge in [0.2, 0.25) is 0 Å². The van der Waals surface area contributed by atoms with Gasteiger partial charge in [0.05, 0.1) is 0 Å². The summed E-state index contributed by atoms with van der Waals surface area (Å²) in [7, 11) is 0.0176. The van der Waals surface area contributed by atoms with Gasteiger partial charge >= 0.3 is 91.8 Å². The summed E-state index contributed by atoms with van der Waals surface area (Å²) >= 11 is 0. The van der Waals surface area contributed by atoms with E-state index < -0.39 is 5.97 Å². The molecule has 3 nitrogen and oxygen atoms in total. The second kappa shape index (κ2) is 11.6. The molecule has 4 heteroatoms. The number of aliphatic carboxylic acids is 1. The molecular formula is C11H19O3P. The van der Waals surface area contributed by atoms with Crippen LogP contribution >= 0.6 is 7.92 Å². The summed E-state index contributed by atoms with van der Waals surface area (Å²) in [4.78, 5) is 10.2. The molecule has 0 aromatic heterocycles. The second-order valence-electron chi connectivity index (χ2n) is 3.62. The third-order valence-electron chi connectivity index (χ3n) is 2.24. The predicted molar refractivity (Wildman–Crippen MR) is 60.7 cm³/mol. The standard InChI is InChI=1S/C11H19O3P/c12-11(13)9-7-5-3-1-2-4-6-8-10-15-14/h1-9H2,(H,12,13). The molecule has 0 unspecified atom stereocenters. The van der Waals surface area contributed by atoms with E-state index in [2.05, 4.69) is 5.63 Å². The Hall–Kier alpha value is -0.520. The van der Waals surface area contributed by atoms with Gasteiger partial charge in [0, 0.05) is 0 Å². The molecule has 15 heavy (non-hydrogen) atoms. The number of carboxylic acid groups (broad SMARTS) is 1. The summed E-state index contributed by atoms with van der Waals surface area (Å²) in [6.07, 6.45) is 8.62. The minimum atomic E-state index is -0.696. The third kappa shape index (κ3) is 13.5. The molecular weight excluding hydrogens is 211 g/mol. The van der Waals surface area contributed by atoms with Gasteiger partial charge in [-0.25, -0.2) is 0 Å². The van der Waals surface area contributed by atoms with Crippen LogP contribution in [-0.4, -0.2) is 11.1 Å². The predicted octanol–water partition coefficient (Wildman–Crippen LogP) is 3.83. The van der Waals surface area contributed by atoms with E-state index in [1.807, 2.05) is 0 Å². The average molecular weight is 230 g/mol. The summed E-state index contributed by atoms with van der Waals surface area (Å²) in [6.45, 7) is 0. The monoisotopic (exact) mass is 230 g/mol. The molecule has 0 aliphatic heterocycles. The van der Waals surface area contributed by atoms with Gasteiger partial charge in [0.1, 0.15) is 0 Å². The molecule has 0 aliphatic carbocycles. The van der Waals surface area contributed by atoms with Crippen LogP contribution in [0.15, 0.2) is 0 Å². The Kier molecular flexibility index (Phi) is 11.2. The van der Waals surface area contributed by atoms with E-state index in [-0.39, 0.29) is 7.92 Å². The van der Waals surface area contributed by atoms with Gasteiger partial charge in [-0.2, -0.15) is 0 Å². The molecule has 0 aromatic rings. The van der Waals surface area contributed by atoms with Crippen LogP contribution in [0.2, 0.25) is 0 Å². The molecule has 86 valence electrons. The fraction of sp³-hybridized carbons (Fsp3) is 0.818. The van der Waals surface area contributed by atoms with Crippen LogP contribution in [-0.2, 0) is 9.36 Å². The first kappa shape index (κ1) is 14.5. The van der Waals surface area contributed by atoms with Crippen molar-refractivity contribution < 1.29 is 14.5 Å². The van der Waals surface area contributed by atoms with Crippen molar-refractivity contribution in [2.75, 3.05) is 0 Å². The van der Waals surface area contributed by atoms with Crippen molar-refractivity contribution in [3.63, 3.8) is 0 Å². The van der Waals surface area contributed by atoms with Crippen LogP contribution in [0, 0.1) is 5.63 Å². The van der Waals surface area contributed by atoms with Crippen LogP contribution in [0.5, 0.6) is 0 Å². The topological polar surface area (TPSA) is 54.4 Å². The number of carboxylic acids is 1. The van der Waals surface area contributed by atoms with Crippen molar-refractivity contribution in [2.45, 2.75) is 57.8 Å². The van der Waals surface area contributed by atoms with Gasteiger partial charge in [-0.15, -0.1) is 0 Å². The Morgan fingerprint density at radius 1 is 1.00 bits per heavy atom. The number of carbonyl (C=O) groups is 1. The van der Waals surface area contributed by atoms with E-state index >= 15 is 0 Å². The fourth-order valence-corrected chi connectivity index (χ4v) is 1.66. The molecule has 0 amide bonds. The molecule has 0 fully saturated rings. The molecule has 0 aromatic carbocycles. The number of hydrogen-bond donors (Lipinski definition) is 1. The molecule has 0 saturated heterocycles. The zero-order chi connectivity index (χ0) is 11.4. The first-order valence-corrected chi connectivity index (χ1v) is 6.35. The molecule has 0 bridgehead atoms. The molecule has 0 saturated carbocycles. The van der Waals surface area contributed by atoms with Crippen LogP contribution in [0.25, 0.3) is 0 Å². The second-order valence-corrected chi connectivity index (χ2v) is 4.12. The maximum absolute atomic E-state index is 10.2. The van der Waals surface area contributed by atoms with Crippen molar-refractivity contribution >= 4 is 13.9 Å². The van der Waals surface area contributed by atoms with Crippen molar-refractivity contribution in [3.8, 4) is 5.63 Å². The zero-order valence-corrected chi connectivity index (χ0v) is 9.97. The van der Waals surface area contributed by atoms with Gasteiger partial charge in [-0.05, 0) is 0 Å². The zero-order valence-electron chi connectivity index (χ0n) is 9.07. The number of hydrogen-bond acceptors (Lipinski definition) is 2. The molecule has 0 radical (unpaired) electrons. The van der Waals surface area contributed by atoms with Crippen LogP contribution in [0.3, 0.4) is 0 Å². The van der Waals surface area contributed by atoms with Gasteiger partial charge in [0.15, 0.2) is 0 Å². The molecule has 0 heterocycles. The van der Waals surface area contributed by atoms with Crippen LogP contribution in [0.4, 0.5) is 0 Å². The summed E-state index contributed by atoms with van der Waals surface area (Å²) in [5, 5.41) is 8.40. The van der Waals surface area contributed by atoms with Crippen molar-refractivity contribution in [1.29, 1.82) is 0 Å². The van der Waals surface area contributed by atoms with Crippen molar-refractivity contribution in [3.05, 3.63) is 0 Å². The summed E-state index contributed by atoms with van der Waals surface area (Å²) < 4.78 is 10.0. The Bertz CT molecular complexity index is 256. The van der Waals surface area contributed by atoms with Gasteiger partial charge in [-0.3, -0.25) is 0 Å². The van der Waals surface area contributed by atoms with E-state index in [1.54, 1.807) is 0 Å². The molecule has 0 rings (SSSR count). The average Bonchev–Trinajstić information content (AvgIpc) is 2.20. The molecule has 1 N–H and O–H groups in total. The molecule has 0 aliphatic rings. The van der Waals surface area contributed by atoms with Gasteiger partial charge < -0.3 is 0 Å². The van der Waals surface area contributed by atoms with Crippen LogP contribution < -0.4 is 0 Å². The van der Waals surface area contributed by atoms with Gasteiger partial charge in [-0.1, -0.05) is 0 Å². The van der Waals surface area contributed by atoms with Gasteiger partial charge in [0.25, 0.3) is 0 Å². The van der Waals surface area contributed by atoms with Crippen molar-refractivity contribution in [1.82, 2.24) is 0 Å². The maximum atomic E-state index is 10.2. The SMILES string of the molecule is O=P#CCCCCCCCCCC(=O)O. The van der Waals surface area contributed by atoms with Crippen molar-refractivity contribution in [2.24, 2.45) is 0 Å². The van der Waals surface area contributed by atoms with E-state index in [1.165, 1.54) is 12.8 Å². The summed E-state index contributed by atoms with van der Waals surface area (Å²) in [6, 6.07) is 0.